The van der Waals surface area contributed by atoms with Crippen LogP contribution in [0.1, 0.15) is 18.9 Å². The molecule has 0 aliphatic heterocycles. The van der Waals surface area contributed by atoms with Crippen LogP contribution in [0.15, 0.2) is 30.9 Å². The first kappa shape index (κ1) is 16.0. The zero-order valence-electron chi connectivity index (χ0n) is 11.7. The van der Waals surface area contributed by atoms with Crippen molar-refractivity contribution in [1.82, 2.24) is 4.90 Å². The molecule has 0 heterocycles. The van der Waals surface area contributed by atoms with Crippen molar-refractivity contribution < 1.29 is 15.0 Å². The second-order valence-electron chi connectivity index (χ2n) is 4.71. The van der Waals surface area contributed by atoms with Crippen molar-refractivity contribution >= 4 is 5.91 Å². The van der Waals surface area contributed by atoms with Crippen LogP contribution in [-0.4, -0.2) is 40.2 Å². The van der Waals surface area contributed by atoms with Crippen LogP contribution in [0.5, 0.6) is 11.5 Å². The van der Waals surface area contributed by atoms with Crippen molar-refractivity contribution in [2.45, 2.75) is 25.8 Å². The molecule has 0 aromatic heterocycles. The molecule has 0 saturated heterocycles. The first-order valence-electron chi connectivity index (χ1n) is 6.65. The van der Waals surface area contributed by atoms with E-state index in [1.54, 1.807) is 17.0 Å². The molecule has 0 radical (unpaired) electrons. The molecule has 0 unspecified atom stereocenters. The number of hydrogen-bond acceptors (Lipinski definition) is 4. The Morgan fingerprint density at radius 3 is 2.70 bits per heavy atom. The minimum Gasteiger partial charge on any atom is -0.504 e. The van der Waals surface area contributed by atoms with Gasteiger partial charge in [0.15, 0.2) is 11.5 Å². The standard InChI is InChI=1S/C15H22N2O3/c1-3-7-17(8-4-2)15(20)12(16)9-11-5-6-13(18)14(19)10-11/h3,5-6,10,12,18-19H,1,4,7-9,16H2,2H3/t12-/m0/s1. The van der Waals surface area contributed by atoms with Crippen LogP contribution in [0.25, 0.3) is 0 Å². The zero-order valence-corrected chi connectivity index (χ0v) is 11.7. The van der Waals surface area contributed by atoms with Gasteiger partial charge < -0.3 is 20.8 Å². The smallest absolute Gasteiger partial charge is 0.240 e. The Morgan fingerprint density at radius 1 is 1.45 bits per heavy atom. The first-order valence-corrected chi connectivity index (χ1v) is 6.65. The lowest BCUT2D eigenvalue weighted by atomic mass is 10.0. The summed E-state index contributed by atoms with van der Waals surface area (Å²) in [5.74, 6) is -0.536. The predicted octanol–water partition coefficient (Wildman–Crippen LogP) is 1.39. The topological polar surface area (TPSA) is 86.8 Å². The van der Waals surface area contributed by atoms with Crippen LogP contribution in [0.3, 0.4) is 0 Å². The summed E-state index contributed by atoms with van der Waals surface area (Å²) in [5, 5.41) is 18.7. The second kappa shape index (κ2) is 7.55. The average Bonchev–Trinajstić information content (AvgIpc) is 2.42. The maximum Gasteiger partial charge on any atom is 0.240 e. The number of phenolic OH excluding ortho intramolecular Hbond substituents is 2. The Labute approximate surface area is 119 Å². The van der Waals surface area contributed by atoms with Crippen LogP contribution < -0.4 is 5.73 Å². The number of aromatic hydroxyl groups is 2. The molecule has 0 aliphatic carbocycles. The Morgan fingerprint density at radius 2 is 2.15 bits per heavy atom. The van der Waals surface area contributed by atoms with Crippen LogP contribution in [0.2, 0.25) is 0 Å². The molecule has 110 valence electrons. The number of amides is 1. The van der Waals surface area contributed by atoms with E-state index in [1.807, 2.05) is 6.92 Å². The quantitative estimate of drug-likeness (QED) is 0.519. The van der Waals surface area contributed by atoms with E-state index in [4.69, 9.17) is 5.73 Å². The third kappa shape index (κ3) is 4.28. The Balaban J connectivity index is 2.72. The minimum atomic E-state index is -0.676. The highest BCUT2D eigenvalue weighted by Gasteiger charge is 2.20. The monoisotopic (exact) mass is 278 g/mol. The van der Waals surface area contributed by atoms with Crippen LogP contribution >= 0.6 is 0 Å². The number of benzene rings is 1. The molecule has 20 heavy (non-hydrogen) atoms. The number of rotatable bonds is 7. The van der Waals surface area contributed by atoms with Crippen LogP contribution in [-0.2, 0) is 11.2 Å². The highest BCUT2D eigenvalue weighted by molar-refractivity contribution is 5.82. The minimum absolute atomic E-state index is 0.140. The van der Waals surface area contributed by atoms with Gasteiger partial charge in [-0.1, -0.05) is 19.1 Å². The number of nitrogens with two attached hydrogens (primary N) is 1. The van der Waals surface area contributed by atoms with Gasteiger partial charge in [-0.2, -0.15) is 0 Å². The van der Waals surface area contributed by atoms with E-state index in [9.17, 15) is 15.0 Å². The SMILES string of the molecule is C=CCN(CCC)C(=O)[C@@H](N)Cc1ccc(O)c(O)c1. The third-order valence-electron chi connectivity index (χ3n) is 2.97. The molecule has 0 bridgehead atoms. The molecule has 1 rings (SSSR count). The highest BCUT2D eigenvalue weighted by atomic mass is 16.3. The number of hydrogen-bond donors (Lipinski definition) is 3. The molecule has 0 fully saturated rings. The molecule has 1 atom stereocenters. The fourth-order valence-corrected chi connectivity index (χ4v) is 1.99. The van der Waals surface area contributed by atoms with Crippen LogP contribution in [0, 0.1) is 0 Å². The molecular formula is C15H22N2O3. The summed E-state index contributed by atoms with van der Waals surface area (Å²) in [6.45, 7) is 6.74. The highest BCUT2D eigenvalue weighted by Crippen LogP contribution is 2.25. The van der Waals surface area contributed by atoms with E-state index in [2.05, 4.69) is 6.58 Å². The van der Waals surface area contributed by atoms with Crippen LogP contribution in [0.4, 0.5) is 0 Å². The lowest BCUT2D eigenvalue weighted by Crippen LogP contribution is -2.45. The van der Waals surface area contributed by atoms with E-state index >= 15 is 0 Å². The molecule has 5 nitrogen and oxygen atoms in total. The van der Waals surface area contributed by atoms with Crippen molar-refractivity contribution in [1.29, 1.82) is 0 Å². The number of carbonyl (C=O) groups excluding carboxylic acids is 1. The summed E-state index contributed by atoms with van der Waals surface area (Å²) >= 11 is 0. The summed E-state index contributed by atoms with van der Waals surface area (Å²) in [6, 6.07) is 3.76. The molecule has 0 saturated carbocycles. The first-order chi connectivity index (χ1) is 9.49. The fourth-order valence-electron chi connectivity index (χ4n) is 1.99. The maximum atomic E-state index is 12.2. The van der Waals surface area contributed by atoms with Crippen molar-refractivity contribution in [2.24, 2.45) is 5.73 Å². The summed E-state index contributed by atoms with van der Waals surface area (Å²) < 4.78 is 0. The van der Waals surface area contributed by atoms with E-state index in [-0.39, 0.29) is 17.4 Å². The summed E-state index contributed by atoms with van der Waals surface area (Å²) in [6.07, 6.45) is 2.84. The molecule has 5 heteroatoms. The van der Waals surface area contributed by atoms with E-state index in [1.165, 1.54) is 12.1 Å². The maximum absolute atomic E-state index is 12.2. The van der Waals surface area contributed by atoms with Crippen molar-refractivity contribution in [3.8, 4) is 11.5 Å². The normalized spacial score (nSPS) is 11.9. The molecule has 4 N–H and O–H groups in total. The number of phenols is 2. The van der Waals surface area contributed by atoms with Crippen molar-refractivity contribution in [3.63, 3.8) is 0 Å². The van der Waals surface area contributed by atoms with Gasteiger partial charge in [-0.25, -0.2) is 0 Å². The Hall–Kier alpha value is -2.01. The van der Waals surface area contributed by atoms with E-state index in [0.717, 1.165) is 6.42 Å². The zero-order chi connectivity index (χ0) is 15.1. The van der Waals surface area contributed by atoms with Gasteiger partial charge in [0, 0.05) is 13.1 Å². The molecule has 1 aromatic rings. The van der Waals surface area contributed by atoms with Gasteiger partial charge in [0.25, 0.3) is 0 Å². The summed E-state index contributed by atoms with van der Waals surface area (Å²) in [4.78, 5) is 13.9. The van der Waals surface area contributed by atoms with Gasteiger partial charge in [-0.05, 0) is 30.5 Å². The number of carbonyl (C=O) groups is 1. The van der Waals surface area contributed by atoms with Crippen molar-refractivity contribution in [3.05, 3.63) is 36.4 Å². The van der Waals surface area contributed by atoms with Crippen molar-refractivity contribution in [2.75, 3.05) is 13.1 Å². The molecule has 1 aromatic carbocycles. The largest absolute Gasteiger partial charge is 0.504 e. The lowest BCUT2D eigenvalue weighted by molar-refractivity contribution is -0.132. The van der Waals surface area contributed by atoms with Gasteiger partial charge in [-0.3, -0.25) is 4.79 Å². The Bertz CT molecular complexity index is 474. The molecule has 1 amide bonds. The molecular weight excluding hydrogens is 256 g/mol. The molecule has 0 aliphatic rings. The van der Waals surface area contributed by atoms with Gasteiger partial charge in [0.1, 0.15) is 0 Å². The lowest BCUT2D eigenvalue weighted by Gasteiger charge is -2.24. The number of nitrogens with zero attached hydrogens (tertiary/aromatic N) is 1. The fraction of sp³-hybridized carbons (Fsp3) is 0.400. The van der Waals surface area contributed by atoms with Gasteiger partial charge in [0.2, 0.25) is 5.91 Å². The van der Waals surface area contributed by atoms with Gasteiger partial charge >= 0.3 is 0 Å². The average molecular weight is 278 g/mol. The van der Waals surface area contributed by atoms with Gasteiger partial charge in [0.05, 0.1) is 6.04 Å². The van der Waals surface area contributed by atoms with Gasteiger partial charge in [-0.15, -0.1) is 6.58 Å². The van der Waals surface area contributed by atoms with E-state index in [0.29, 0.717) is 25.1 Å². The predicted molar refractivity (Wildman–Crippen MR) is 78.5 cm³/mol. The molecule has 0 spiro atoms. The second-order valence-corrected chi connectivity index (χ2v) is 4.71. The Kier molecular flexibility index (Phi) is 6.06. The summed E-state index contributed by atoms with van der Waals surface area (Å²) in [7, 11) is 0. The summed E-state index contributed by atoms with van der Waals surface area (Å²) in [5.41, 5.74) is 6.63. The third-order valence-corrected chi connectivity index (χ3v) is 2.97. The van der Waals surface area contributed by atoms with E-state index < -0.39 is 6.04 Å².